The van der Waals surface area contributed by atoms with Crippen LogP contribution in [0.2, 0.25) is 0 Å². The lowest BCUT2D eigenvalue weighted by Gasteiger charge is -2.09. The van der Waals surface area contributed by atoms with Gasteiger partial charge in [0.05, 0.1) is 22.9 Å². The molecule has 108 valence electrons. The summed E-state index contributed by atoms with van der Waals surface area (Å²) < 4.78 is 2.98. The van der Waals surface area contributed by atoms with E-state index in [0.717, 1.165) is 27.9 Å². The number of hydrogen-bond acceptors (Lipinski definition) is 3. The minimum atomic E-state index is -0.151. The second-order valence-corrected chi connectivity index (χ2v) is 5.91. The second-order valence-electron chi connectivity index (χ2n) is 4.99. The molecule has 0 aliphatic heterocycles. The van der Waals surface area contributed by atoms with E-state index in [1.54, 1.807) is 6.20 Å². The Hall–Kier alpha value is -1.72. The summed E-state index contributed by atoms with van der Waals surface area (Å²) in [5, 5.41) is 5.86. The van der Waals surface area contributed by atoms with Crippen LogP contribution >= 0.6 is 15.9 Å². The fourth-order valence-electron chi connectivity index (χ4n) is 2.51. The molecule has 0 aliphatic carbocycles. The quantitative estimate of drug-likeness (QED) is 0.788. The van der Waals surface area contributed by atoms with Crippen molar-refractivity contribution in [3.63, 3.8) is 0 Å². The van der Waals surface area contributed by atoms with Crippen LogP contribution in [0.25, 0.3) is 10.9 Å². The average molecular weight is 345 g/mol. The largest absolute Gasteiger partial charge is 0.322 e. The highest BCUT2D eigenvalue weighted by atomic mass is 79.9. The number of hydrogen-bond donors (Lipinski definition) is 1. The van der Waals surface area contributed by atoms with E-state index in [4.69, 9.17) is 10.8 Å². The molecule has 0 radical (unpaired) electrons. The van der Waals surface area contributed by atoms with E-state index >= 15 is 0 Å². The van der Waals surface area contributed by atoms with Gasteiger partial charge in [0.25, 0.3) is 0 Å². The lowest BCUT2D eigenvalue weighted by molar-refractivity contribution is 0.634. The summed E-state index contributed by atoms with van der Waals surface area (Å²) in [4.78, 5) is 4.37. The van der Waals surface area contributed by atoms with E-state index < -0.39 is 0 Å². The minimum Gasteiger partial charge on any atom is -0.322 e. The second kappa shape index (κ2) is 5.95. The van der Waals surface area contributed by atoms with Gasteiger partial charge in [-0.05, 0) is 41.1 Å². The molecule has 0 saturated heterocycles. The monoisotopic (exact) mass is 344 g/mol. The zero-order chi connectivity index (χ0) is 14.8. The van der Waals surface area contributed by atoms with Gasteiger partial charge in [-0.25, -0.2) is 0 Å². The fourth-order valence-corrected chi connectivity index (χ4v) is 2.74. The number of fused-ring (bicyclic) bond motifs is 1. The van der Waals surface area contributed by atoms with Crippen molar-refractivity contribution in [2.75, 3.05) is 0 Å². The first kappa shape index (κ1) is 14.2. The molecule has 0 saturated carbocycles. The maximum absolute atomic E-state index is 6.29. The van der Waals surface area contributed by atoms with Crippen LogP contribution in [0.4, 0.5) is 0 Å². The third-order valence-electron chi connectivity index (χ3n) is 3.58. The van der Waals surface area contributed by atoms with Crippen molar-refractivity contribution in [1.29, 1.82) is 0 Å². The van der Waals surface area contributed by atoms with Crippen LogP contribution < -0.4 is 5.73 Å². The lowest BCUT2D eigenvalue weighted by Crippen LogP contribution is -2.15. The van der Waals surface area contributed by atoms with Crippen molar-refractivity contribution in [1.82, 2.24) is 14.8 Å². The van der Waals surface area contributed by atoms with E-state index in [-0.39, 0.29) is 6.04 Å². The van der Waals surface area contributed by atoms with Crippen molar-refractivity contribution in [3.8, 4) is 0 Å². The van der Waals surface area contributed by atoms with E-state index in [2.05, 4.69) is 40.0 Å². The van der Waals surface area contributed by atoms with Crippen molar-refractivity contribution in [3.05, 3.63) is 58.5 Å². The molecule has 3 rings (SSSR count). The molecule has 2 N–H and O–H groups in total. The number of pyridine rings is 1. The number of rotatable bonds is 4. The molecule has 3 aromatic rings. The van der Waals surface area contributed by atoms with E-state index in [1.165, 1.54) is 5.39 Å². The van der Waals surface area contributed by atoms with Gasteiger partial charge in [-0.3, -0.25) is 9.67 Å². The Balaban J connectivity index is 1.92. The number of aromatic nitrogens is 3. The van der Waals surface area contributed by atoms with Gasteiger partial charge < -0.3 is 5.73 Å². The molecule has 21 heavy (non-hydrogen) atoms. The summed E-state index contributed by atoms with van der Waals surface area (Å²) in [7, 11) is 0. The first-order chi connectivity index (χ1) is 10.2. The first-order valence-corrected chi connectivity index (χ1v) is 7.79. The Morgan fingerprint density at radius 1 is 1.24 bits per heavy atom. The summed E-state index contributed by atoms with van der Waals surface area (Å²) in [6, 6.07) is 12.0. The van der Waals surface area contributed by atoms with Gasteiger partial charge in [0.2, 0.25) is 0 Å². The molecule has 0 amide bonds. The van der Waals surface area contributed by atoms with Crippen LogP contribution in [0.1, 0.15) is 24.4 Å². The van der Waals surface area contributed by atoms with Crippen LogP contribution in [0.3, 0.4) is 0 Å². The van der Waals surface area contributed by atoms with Crippen LogP contribution in [0.15, 0.2) is 47.1 Å². The maximum Gasteiger partial charge on any atom is 0.0722 e. The van der Waals surface area contributed by atoms with Crippen molar-refractivity contribution in [2.45, 2.75) is 25.9 Å². The highest BCUT2D eigenvalue weighted by Gasteiger charge is 2.14. The van der Waals surface area contributed by atoms with E-state index in [1.807, 2.05) is 28.9 Å². The minimum absolute atomic E-state index is 0.151. The van der Waals surface area contributed by atoms with Gasteiger partial charge in [-0.15, -0.1) is 0 Å². The number of aryl methyl sites for hydroxylation is 1. The zero-order valence-electron chi connectivity index (χ0n) is 11.8. The van der Waals surface area contributed by atoms with Gasteiger partial charge >= 0.3 is 0 Å². The Labute approximate surface area is 132 Å². The van der Waals surface area contributed by atoms with Crippen LogP contribution in [-0.4, -0.2) is 14.8 Å². The molecule has 1 atom stereocenters. The van der Waals surface area contributed by atoms with Crippen molar-refractivity contribution in [2.24, 2.45) is 5.73 Å². The molecule has 0 spiro atoms. The Bertz CT molecular complexity index is 749. The molecule has 0 fully saturated rings. The number of benzene rings is 1. The smallest absolute Gasteiger partial charge is 0.0722 e. The number of para-hydroxylation sites is 1. The molecular formula is C16H17BrN4. The summed E-state index contributed by atoms with van der Waals surface area (Å²) in [5.74, 6) is 0. The maximum atomic E-state index is 6.29. The molecule has 2 heterocycles. The van der Waals surface area contributed by atoms with Crippen molar-refractivity contribution >= 4 is 26.8 Å². The predicted octanol–water partition coefficient (Wildman–Crippen LogP) is 3.46. The number of nitrogens with two attached hydrogens (primary N) is 1. The van der Waals surface area contributed by atoms with Gasteiger partial charge in [0.15, 0.2) is 0 Å². The third kappa shape index (κ3) is 2.84. The summed E-state index contributed by atoms with van der Waals surface area (Å²) in [5.41, 5.74) is 9.36. The summed E-state index contributed by atoms with van der Waals surface area (Å²) >= 11 is 3.39. The van der Waals surface area contributed by atoms with Crippen LogP contribution in [0, 0.1) is 0 Å². The van der Waals surface area contributed by atoms with Crippen LogP contribution in [-0.2, 0) is 13.0 Å². The third-order valence-corrected chi connectivity index (χ3v) is 4.05. The highest BCUT2D eigenvalue weighted by Crippen LogP contribution is 2.23. The standard InChI is InChI=1S/C16H17BrN4/c1-2-21-16-6-4-3-5-12(16)15(20-21)9-13(18)14-8-7-11(17)10-19-14/h3-8,10,13H,2,9,18H2,1H3. The summed E-state index contributed by atoms with van der Waals surface area (Å²) in [6.45, 7) is 2.95. The Morgan fingerprint density at radius 2 is 2.05 bits per heavy atom. The Morgan fingerprint density at radius 3 is 2.76 bits per heavy atom. The molecule has 4 nitrogen and oxygen atoms in total. The predicted molar refractivity (Wildman–Crippen MR) is 88.0 cm³/mol. The zero-order valence-corrected chi connectivity index (χ0v) is 13.4. The molecule has 5 heteroatoms. The Kier molecular flexibility index (Phi) is 4.03. The molecule has 0 bridgehead atoms. The molecule has 0 aliphatic rings. The van der Waals surface area contributed by atoms with Crippen LogP contribution in [0.5, 0.6) is 0 Å². The fraction of sp³-hybridized carbons (Fsp3) is 0.250. The average Bonchev–Trinajstić information content (AvgIpc) is 2.86. The van der Waals surface area contributed by atoms with E-state index in [9.17, 15) is 0 Å². The molecule has 1 unspecified atom stereocenters. The van der Waals surface area contributed by atoms with Gasteiger partial charge in [-0.2, -0.15) is 5.10 Å². The molecular weight excluding hydrogens is 328 g/mol. The SMILES string of the molecule is CCn1nc(CC(N)c2ccc(Br)cn2)c2ccccc21. The topological polar surface area (TPSA) is 56.7 Å². The van der Waals surface area contributed by atoms with E-state index in [0.29, 0.717) is 6.42 Å². The summed E-state index contributed by atoms with van der Waals surface area (Å²) in [6.07, 6.45) is 2.46. The van der Waals surface area contributed by atoms with Gasteiger partial charge in [-0.1, -0.05) is 18.2 Å². The van der Waals surface area contributed by atoms with Crippen molar-refractivity contribution < 1.29 is 0 Å². The normalized spacial score (nSPS) is 12.7. The van der Waals surface area contributed by atoms with Gasteiger partial charge in [0.1, 0.15) is 0 Å². The highest BCUT2D eigenvalue weighted by molar-refractivity contribution is 9.10. The first-order valence-electron chi connectivity index (χ1n) is 7.00. The molecule has 2 aromatic heterocycles. The number of halogens is 1. The van der Waals surface area contributed by atoms with Gasteiger partial charge in [0, 0.05) is 29.0 Å². The number of nitrogens with zero attached hydrogens (tertiary/aromatic N) is 3. The lowest BCUT2D eigenvalue weighted by atomic mass is 10.1. The molecule has 1 aromatic carbocycles.